The van der Waals surface area contributed by atoms with E-state index in [1.54, 1.807) is 13.1 Å². The Bertz CT molecular complexity index is 533. The highest BCUT2D eigenvalue weighted by Crippen LogP contribution is 2.29. The van der Waals surface area contributed by atoms with Crippen molar-refractivity contribution in [1.29, 1.82) is 0 Å². The molecule has 1 N–H and O–H groups in total. The maximum absolute atomic E-state index is 12.6. The molecule has 0 fully saturated rings. The molecule has 0 unspecified atom stereocenters. The van der Waals surface area contributed by atoms with E-state index in [0.717, 1.165) is 11.3 Å². The number of hydrogen-bond donors (Lipinski definition) is 1. The molecule has 4 nitrogen and oxygen atoms in total. The molecule has 0 bridgehead atoms. The Balaban J connectivity index is 2.94. The fourth-order valence-electron chi connectivity index (χ4n) is 1.58. The lowest BCUT2D eigenvalue weighted by atomic mass is 10.0. The number of sulfonamides is 1. The first kappa shape index (κ1) is 17.6. The van der Waals surface area contributed by atoms with Gasteiger partial charge in [-0.2, -0.15) is 4.31 Å². The summed E-state index contributed by atoms with van der Waals surface area (Å²) in [4.78, 5) is 1.04. The summed E-state index contributed by atoms with van der Waals surface area (Å²) in [5.41, 5.74) is -0.376. The smallest absolute Gasteiger partial charge is 0.252 e. The summed E-state index contributed by atoms with van der Waals surface area (Å²) in [6.07, 6.45) is 0.774. The quantitative estimate of drug-likeness (QED) is 0.840. The van der Waals surface area contributed by atoms with E-state index in [1.807, 2.05) is 26.8 Å². The highest BCUT2D eigenvalue weighted by Gasteiger charge is 2.33. The van der Waals surface area contributed by atoms with E-state index < -0.39 is 10.0 Å². The summed E-state index contributed by atoms with van der Waals surface area (Å²) < 4.78 is 27.1. The Morgan fingerprint density at radius 3 is 2.45 bits per heavy atom. The summed E-state index contributed by atoms with van der Waals surface area (Å²) in [6, 6.07) is 3.98. The van der Waals surface area contributed by atoms with E-state index >= 15 is 0 Å². The van der Waals surface area contributed by atoms with Crippen LogP contribution in [0.15, 0.2) is 16.3 Å². The van der Waals surface area contributed by atoms with E-state index in [4.69, 9.17) is 0 Å². The molecule has 20 heavy (non-hydrogen) atoms. The molecule has 0 spiro atoms. The third-order valence-corrected chi connectivity index (χ3v) is 7.28. The first-order valence-electron chi connectivity index (χ1n) is 6.92. The second-order valence-corrected chi connectivity index (χ2v) is 9.26. The molecular weight excluding hydrogens is 292 g/mol. The highest BCUT2D eigenvalue weighted by atomic mass is 32.2. The topological polar surface area (TPSA) is 49.4 Å². The number of nitrogens with zero attached hydrogens (tertiary/aromatic N) is 1. The van der Waals surface area contributed by atoms with Crippen molar-refractivity contribution >= 4 is 21.4 Å². The molecule has 116 valence electrons. The number of thiophene rings is 1. The monoisotopic (exact) mass is 318 g/mol. The van der Waals surface area contributed by atoms with Crippen molar-refractivity contribution in [2.45, 2.75) is 63.4 Å². The Morgan fingerprint density at radius 1 is 1.35 bits per heavy atom. The summed E-state index contributed by atoms with van der Waals surface area (Å²) in [7, 11) is -1.75. The van der Waals surface area contributed by atoms with Gasteiger partial charge in [0.05, 0.1) is 0 Å². The van der Waals surface area contributed by atoms with Crippen molar-refractivity contribution in [2.75, 3.05) is 7.05 Å². The average Bonchev–Trinajstić information content (AvgIpc) is 2.84. The van der Waals surface area contributed by atoms with E-state index in [2.05, 4.69) is 19.2 Å². The van der Waals surface area contributed by atoms with Gasteiger partial charge in [-0.25, -0.2) is 8.42 Å². The van der Waals surface area contributed by atoms with E-state index in [1.165, 1.54) is 15.6 Å². The third kappa shape index (κ3) is 4.04. The van der Waals surface area contributed by atoms with Crippen molar-refractivity contribution < 1.29 is 8.42 Å². The van der Waals surface area contributed by atoms with Gasteiger partial charge in [-0.15, -0.1) is 11.3 Å². The SMILES string of the molecule is CCC(C)(C)N(C)S(=O)(=O)c1ccc(CNC(C)C)s1. The molecule has 0 saturated carbocycles. The summed E-state index contributed by atoms with van der Waals surface area (Å²) >= 11 is 1.34. The van der Waals surface area contributed by atoms with Gasteiger partial charge in [-0.3, -0.25) is 0 Å². The van der Waals surface area contributed by atoms with E-state index in [9.17, 15) is 8.42 Å². The van der Waals surface area contributed by atoms with Gasteiger partial charge in [0, 0.05) is 30.1 Å². The summed E-state index contributed by atoms with van der Waals surface area (Å²) in [6.45, 7) is 10.7. The molecule has 0 aromatic carbocycles. The molecule has 1 aromatic rings. The second kappa shape index (κ2) is 6.56. The maximum atomic E-state index is 12.6. The van der Waals surface area contributed by atoms with E-state index in [-0.39, 0.29) is 5.54 Å². The molecule has 0 aliphatic carbocycles. The molecule has 0 atom stereocenters. The minimum absolute atomic E-state index is 0.376. The molecule has 0 aliphatic rings. The summed E-state index contributed by atoms with van der Waals surface area (Å²) in [5.74, 6) is 0. The second-order valence-electron chi connectivity index (χ2n) is 5.89. The Kier molecular flexibility index (Phi) is 5.78. The van der Waals surface area contributed by atoms with Gasteiger partial charge < -0.3 is 5.32 Å². The molecule has 1 heterocycles. The zero-order chi connectivity index (χ0) is 15.6. The van der Waals surface area contributed by atoms with Crippen LogP contribution >= 0.6 is 11.3 Å². The molecule has 1 aromatic heterocycles. The minimum Gasteiger partial charge on any atom is -0.310 e. The van der Waals surface area contributed by atoms with Gasteiger partial charge in [0.25, 0.3) is 10.0 Å². The van der Waals surface area contributed by atoms with Crippen molar-refractivity contribution in [3.63, 3.8) is 0 Å². The average molecular weight is 319 g/mol. The van der Waals surface area contributed by atoms with Gasteiger partial charge in [0.15, 0.2) is 0 Å². The number of hydrogen-bond acceptors (Lipinski definition) is 4. The van der Waals surface area contributed by atoms with Gasteiger partial charge in [-0.1, -0.05) is 20.8 Å². The van der Waals surface area contributed by atoms with Crippen LogP contribution in [0, 0.1) is 0 Å². The van der Waals surface area contributed by atoms with Crippen LogP contribution in [-0.4, -0.2) is 31.4 Å². The predicted octanol–water partition coefficient (Wildman–Crippen LogP) is 3.06. The van der Waals surface area contributed by atoms with E-state index in [0.29, 0.717) is 16.8 Å². The Morgan fingerprint density at radius 2 is 1.95 bits per heavy atom. The number of nitrogens with one attached hydrogen (secondary N) is 1. The number of rotatable bonds is 7. The predicted molar refractivity (Wildman–Crippen MR) is 85.6 cm³/mol. The molecule has 0 aliphatic heterocycles. The lowest BCUT2D eigenvalue weighted by Gasteiger charge is -2.33. The molecule has 0 saturated heterocycles. The minimum atomic E-state index is -3.40. The lowest BCUT2D eigenvalue weighted by molar-refractivity contribution is 0.257. The maximum Gasteiger partial charge on any atom is 0.252 e. The normalized spacial score (nSPS) is 13.4. The van der Waals surface area contributed by atoms with Crippen molar-refractivity contribution in [3.8, 4) is 0 Å². The molecule has 0 amide bonds. The molecule has 1 rings (SSSR count). The van der Waals surface area contributed by atoms with Crippen LogP contribution < -0.4 is 5.32 Å². The molecular formula is C14H26N2O2S2. The fourth-order valence-corrected chi connectivity index (χ4v) is 4.63. The van der Waals surface area contributed by atoms with Gasteiger partial charge in [0.1, 0.15) is 4.21 Å². The van der Waals surface area contributed by atoms with Crippen molar-refractivity contribution in [1.82, 2.24) is 9.62 Å². The van der Waals surface area contributed by atoms with Crippen LogP contribution in [-0.2, 0) is 16.6 Å². The van der Waals surface area contributed by atoms with Crippen LogP contribution in [0.4, 0.5) is 0 Å². The van der Waals surface area contributed by atoms with Crippen LogP contribution in [0.3, 0.4) is 0 Å². The Labute approximate surface area is 127 Å². The largest absolute Gasteiger partial charge is 0.310 e. The van der Waals surface area contributed by atoms with Crippen molar-refractivity contribution in [3.05, 3.63) is 17.0 Å². The standard InChI is InChI=1S/C14H26N2O2S2/c1-7-14(4,5)16(6)20(17,18)13-9-8-12(19-13)10-15-11(2)3/h8-9,11,15H,7,10H2,1-6H3. The fraction of sp³-hybridized carbons (Fsp3) is 0.714. The van der Waals surface area contributed by atoms with Gasteiger partial charge in [0.2, 0.25) is 0 Å². The zero-order valence-corrected chi connectivity index (χ0v) is 14.9. The third-order valence-electron chi connectivity index (χ3n) is 3.65. The molecule has 6 heteroatoms. The molecule has 0 radical (unpaired) electrons. The Hall–Kier alpha value is -0.430. The van der Waals surface area contributed by atoms with Gasteiger partial charge >= 0.3 is 0 Å². The van der Waals surface area contributed by atoms with Gasteiger partial charge in [-0.05, 0) is 32.4 Å². The van der Waals surface area contributed by atoms with Crippen LogP contribution in [0.5, 0.6) is 0 Å². The van der Waals surface area contributed by atoms with Crippen LogP contribution in [0.2, 0.25) is 0 Å². The first-order valence-corrected chi connectivity index (χ1v) is 9.18. The first-order chi connectivity index (χ1) is 9.11. The summed E-state index contributed by atoms with van der Waals surface area (Å²) in [5, 5.41) is 3.30. The zero-order valence-electron chi connectivity index (χ0n) is 13.2. The van der Waals surface area contributed by atoms with Crippen molar-refractivity contribution in [2.24, 2.45) is 0 Å². The lowest BCUT2D eigenvalue weighted by Crippen LogP contribution is -2.44. The highest BCUT2D eigenvalue weighted by molar-refractivity contribution is 7.91. The van der Waals surface area contributed by atoms with Crippen LogP contribution in [0.1, 0.15) is 45.9 Å². The van der Waals surface area contributed by atoms with Crippen LogP contribution in [0.25, 0.3) is 0 Å².